The van der Waals surface area contributed by atoms with E-state index in [-0.39, 0.29) is 12.1 Å². The van der Waals surface area contributed by atoms with E-state index in [1.54, 1.807) is 0 Å². The molecule has 1 aliphatic carbocycles. The molecular weight excluding hydrogens is 162 g/mol. The quantitative estimate of drug-likeness (QED) is 0.501. The summed E-state index contributed by atoms with van der Waals surface area (Å²) in [6.45, 7) is 0. The molecule has 1 fully saturated rings. The highest BCUT2D eigenvalue weighted by Crippen LogP contribution is 2.24. The van der Waals surface area contributed by atoms with E-state index in [1.165, 1.54) is 7.05 Å². The molecule has 0 saturated heterocycles. The summed E-state index contributed by atoms with van der Waals surface area (Å²) >= 11 is 0. The van der Waals surface area contributed by atoms with Crippen LogP contribution in [0.15, 0.2) is 0 Å². The number of hydrogen-bond donors (Lipinski definition) is 2. The van der Waals surface area contributed by atoms with Gasteiger partial charge in [0.05, 0.1) is 6.10 Å². The number of rotatable bonds is 1. The Morgan fingerprint density at radius 3 is 2.25 bits per heavy atom. The fourth-order valence-electron chi connectivity index (χ4n) is 1.19. The Hall–Kier alpha value is -1.10. The molecule has 1 aliphatic rings. The minimum Gasteiger partial charge on any atom is -0.474 e. The summed E-state index contributed by atoms with van der Waals surface area (Å²) in [7, 11) is 1.44. The second kappa shape index (κ2) is 3.10. The van der Waals surface area contributed by atoms with Crippen molar-refractivity contribution in [3.63, 3.8) is 0 Å². The molecule has 0 unspecified atom stereocenters. The fraction of sp³-hybridized carbons (Fsp3) is 0.714. The number of aliphatic carboxylic acids is 1. The molecule has 2 N–H and O–H groups in total. The molecular formula is C7H11NO4. The lowest BCUT2D eigenvalue weighted by Gasteiger charge is -2.37. The van der Waals surface area contributed by atoms with Gasteiger partial charge < -0.3 is 15.1 Å². The molecule has 0 atom stereocenters. The van der Waals surface area contributed by atoms with Crippen molar-refractivity contribution < 1.29 is 19.8 Å². The highest BCUT2D eigenvalue weighted by atomic mass is 16.4. The SMILES string of the molecule is CN(C(=O)C(=O)O)C1CC(O)C1. The number of carbonyl (C=O) groups is 2. The number of carboxylic acid groups (broad SMARTS) is 1. The van der Waals surface area contributed by atoms with Crippen molar-refractivity contribution in [2.45, 2.75) is 25.0 Å². The van der Waals surface area contributed by atoms with E-state index < -0.39 is 11.9 Å². The molecule has 0 bridgehead atoms. The molecule has 68 valence electrons. The zero-order valence-corrected chi connectivity index (χ0v) is 6.73. The predicted molar refractivity (Wildman–Crippen MR) is 39.4 cm³/mol. The van der Waals surface area contributed by atoms with E-state index in [2.05, 4.69) is 0 Å². The van der Waals surface area contributed by atoms with Crippen LogP contribution in [0.3, 0.4) is 0 Å². The first-order valence-corrected chi connectivity index (χ1v) is 3.70. The summed E-state index contributed by atoms with van der Waals surface area (Å²) in [4.78, 5) is 22.2. The number of carboxylic acids is 1. The van der Waals surface area contributed by atoms with Gasteiger partial charge in [-0.15, -0.1) is 0 Å². The molecule has 0 spiro atoms. The number of amides is 1. The van der Waals surface area contributed by atoms with Crippen LogP contribution >= 0.6 is 0 Å². The van der Waals surface area contributed by atoms with Gasteiger partial charge in [-0.2, -0.15) is 0 Å². The lowest BCUT2D eigenvalue weighted by atomic mass is 9.88. The van der Waals surface area contributed by atoms with Gasteiger partial charge in [0.2, 0.25) is 0 Å². The maximum Gasteiger partial charge on any atom is 0.394 e. The molecule has 0 aromatic rings. The molecule has 0 radical (unpaired) electrons. The van der Waals surface area contributed by atoms with Crippen LogP contribution in [0, 0.1) is 0 Å². The normalized spacial score (nSPS) is 27.5. The van der Waals surface area contributed by atoms with Crippen LogP contribution in [0.5, 0.6) is 0 Å². The number of aliphatic hydroxyl groups excluding tert-OH is 1. The molecule has 0 heterocycles. The van der Waals surface area contributed by atoms with Crippen molar-refractivity contribution in [1.29, 1.82) is 0 Å². The van der Waals surface area contributed by atoms with Crippen molar-refractivity contribution in [3.8, 4) is 0 Å². The average Bonchev–Trinajstić information content (AvgIpc) is 1.95. The third-order valence-electron chi connectivity index (χ3n) is 2.14. The third kappa shape index (κ3) is 1.55. The molecule has 1 rings (SSSR count). The number of nitrogens with zero attached hydrogens (tertiary/aromatic N) is 1. The lowest BCUT2D eigenvalue weighted by Crippen LogP contribution is -2.49. The van der Waals surface area contributed by atoms with Crippen molar-refractivity contribution >= 4 is 11.9 Å². The molecule has 12 heavy (non-hydrogen) atoms. The Kier molecular flexibility index (Phi) is 2.32. The van der Waals surface area contributed by atoms with E-state index in [0.29, 0.717) is 12.8 Å². The summed E-state index contributed by atoms with van der Waals surface area (Å²) in [5.74, 6) is -2.36. The van der Waals surface area contributed by atoms with Crippen molar-refractivity contribution in [3.05, 3.63) is 0 Å². The van der Waals surface area contributed by atoms with Crippen LogP contribution in [-0.4, -0.2) is 46.2 Å². The summed E-state index contributed by atoms with van der Waals surface area (Å²) < 4.78 is 0. The topological polar surface area (TPSA) is 77.8 Å². The first-order valence-electron chi connectivity index (χ1n) is 3.70. The highest BCUT2D eigenvalue weighted by molar-refractivity contribution is 6.31. The van der Waals surface area contributed by atoms with E-state index in [4.69, 9.17) is 10.2 Å². The first kappa shape index (κ1) is 8.99. The van der Waals surface area contributed by atoms with Gasteiger partial charge in [0.25, 0.3) is 0 Å². The molecule has 1 saturated carbocycles. The number of hydrogen-bond acceptors (Lipinski definition) is 3. The monoisotopic (exact) mass is 173 g/mol. The van der Waals surface area contributed by atoms with Crippen LogP contribution in [0.25, 0.3) is 0 Å². The second-order valence-corrected chi connectivity index (χ2v) is 3.00. The number of likely N-dealkylation sites (N-methyl/N-ethyl adjacent to an activating group) is 1. The summed E-state index contributed by atoms with van der Waals surface area (Å²) in [5.41, 5.74) is 0. The van der Waals surface area contributed by atoms with Gasteiger partial charge in [-0.05, 0) is 12.8 Å². The second-order valence-electron chi connectivity index (χ2n) is 3.00. The maximum atomic E-state index is 10.8. The lowest BCUT2D eigenvalue weighted by molar-refractivity contribution is -0.158. The van der Waals surface area contributed by atoms with Gasteiger partial charge in [0.15, 0.2) is 0 Å². The Balaban J connectivity index is 2.43. The van der Waals surface area contributed by atoms with Crippen molar-refractivity contribution in [2.75, 3.05) is 7.05 Å². The Bertz CT molecular complexity index is 209. The smallest absolute Gasteiger partial charge is 0.394 e. The van der Waals surface area contributed by atoms with Crippen LogP contribution in [-0.2, 0) is 9.59 Å². The highest BCUT2D eigenvalue weighted by Gasteiger charge is 2.34. The van der Waals surface area contributed by atoms with E-state index in [1.807, 2.05) is 0 Å². The summed E-state index contributed by atoms with van der Waals surface area (Å²) in [6, 6.07) is -0.108. The van der Waals surface area contributed by atoms with E-state index in [0.717, 1.165) is 4.90 Å². The Labute approximate surface area is 69.6 Å². The van der Waals surface area contributed by atoms with Gasteiger partial charge >= 0.3 is 11.9 Å². The van der Waals surface area contributed by atoms with Gasteiger partial charge in [-0.25, -0.2) is 4.79 Å². The van der Waals surface area contributed by atoms with E-state index >= 15 is 0 Å². The minimum atomic E-state index is -1.45. The van der Waals surface area contributed by atoms with Gasteiger partial charge in [0.1, 0.15) is 0 Å². The van der Waals surface area contributed by atoms with Crippen molar-refractivity contribution in [2.24, 2.45) is 0 Å². The van der Waals surface area contributed by atoms with E-state index in [9.17, 15) is 9.59 Å². The van der Waals surface area contributed by atoms with Gasteiger partial charge in [-0.1, -0.05) is 0 Å². The first-order chi connectivity index (χ1) is 5.52. The molecule has 5 nitrogen and oxygen atoms in total. The number of carbonyl (C=O) groups excluding carboxylic acids is 1. The fourth-order valence-corrected chi connectivity index (χ4v) is 1.19. The maximum absolute atomic E-state index is 10.8. The molecule has 0 aromatic carbocycles. The molecule has 0 aliphatic heterocycles. The van der Waals surface area contributed by atoms with Crippen LogP contribution in [0.1, 0.15) is 12.8 Å². The zero-order valence-electron chi connectivity index (χ0n) is 6.73. The van der Waals surface area contributed by atoms with Gasteiger partial charge in [-0.3, -0.25) is 4.79 Å². The van der Waals surface area contributed by atoms with Crippen molar-refractivity contribution in [1.82, 2.24) is 4.90 Å². The largest absolute Gasteiger partial charge is 0.474 e. The zero-order chi connectivity index (χ0) is 9.30. The minimum absolute atomic E-state index is 0.108. The molecule has 1 amide bonds. The average molecular weight is 173 g/mol. The predicted octanol–water partition coefficient (Wildman–Crippen LogP) is -0.947. The van der Waals surface area contributed by atoms with Crippen LogP contribution in [0.2, 0.25) is 0 Å². The standard InChI is InChI=1S/C7H11NO4/c1-8(6(10)7(11)12)4-2-5(9)3-4/h4-5,9H,2-3H2,1H3,(H,11,12). The molecule has 5 heteroatoms. The Morgan fingerprint density at radius 2 is 1.92 bits per heavy atom. The van der Waals surface area contributed by atoms with Crippen LogP contribution < -0.4 is 0 Å². The molecule has 0 aromatic heterocycles. The number of aliphatic hydroxyl groups is 1. The third-order valence-corrected chi connectivity index (χ3v) is 2.14. The summed E-state index contributed by atoms with van der Waals surface area (Å²) in [5, 5.41) is 17.2. The Morgan fingerprint density at radius 1 is 1.42 bits per heavy atom. The van der Waals surface area contributed by atoms with Crippen LogP contribution in [0.4, 0.5) is 0 Å². The summed E-state index contributed by atoms with van der Waals surface area (Å²) in [6.07, 6.45) is 0.587. The van der Waals surface area contributed by atoms with Gasteiger partial charge in [0, 0.05) is 13.1 Å².